The molecule has 4 unspecified atom stereocenters. The highest BCUT2D eigenvalue weighted by molar-refractivity contribution is 6.09. The minimum absolute atomic E-state index is 0.0272. The molecule has 220 valence electrons. The van der Waals surface area contributed by atoms with Gasteiger partial charge >= 0.3 is 12.1 Å². The third-order valence-electron chi connectivity index (χ3n) is 8.44. The van der Waals surface area contributed by atoms with E-state index in [0.29, 0.717) is 5.56 Å². The highest BCUT2D eigenvalue weighted by Gasteiger charge is 2.68. The van der Waals surface area contributed by atoms with Crippen molar-refractivity contribution in [3.8, 4) is 0 Å². The van der Waals surface area contributed by atoms with Crippen LogP contribution in [0.5, 0.6) is 0 Å². The van der Waals surface area contributed by atoms with E-state index in [0.717, 1.165) is 33.5 Å². The molecule has 3 N–H and O–H groups in total. The van der Waals surface area contributed by atoms with E-state index in [1.165, 1.54) is 12.1 Å². The number of likely N-dealkylation sites (tertiary alicyclic amines) is 1. The molecule has 0 bridgehead atoms. The maximum absolute atomic E-state index is 14.0. The van der Waals surface area contributed by atoms with Gasteiger partial charge in [0.1, 0.15) is 5.54 Å². The monoisotopic (exact) mass is 587 g/mol. The first-order valence-corrected chi connectivity index (χ1v) is 13.9. The Morgan fingerprint density at radius 3 is 2.33 bits per heavy atom. The number of aliphatic carboxylic acids is 1. The Bertz CT molecular complexity index is 1710. The molecule has 7 nitrogen and oxygen atoms in total. The van der Waals surface area contributed by atoms with Crippen molar-refractivity contribution in [3.05, 3.63) is 114 Å². The lowest BCUT2D eigenvalue weighted by Gasteiger charge is -2.31. The van der Waals surface area contributed by atoms with Crippen LogP contribution in [0, 0.1) is 11.8 Å². The van der Waals surface area contributed by atoms with Crippen LogP contribution in [0.1, 0.15) is 22.7 Å². The van der Waals surface area contributed by atoms with Gasteiger partial charge in [-0.3, -0.25) is 24.6 Å². The molecule has 10 heteroatoms. The van der Waals surface area contributed by atoms with Crippen LogP contribution in [0.2, 0.25) is 0 Å². The van der Waals surface area contributed by atoms with Crippen LogP contribution in [0.4, 0.5) is 18.9 Å². The number of halogens is 3. The number of hydrogen-bond acceptors (Lipinski definition) is 5. The van der Waals surface area contributed by atoms with Gasteiger partial charge in [-0.05, 0) is 46.2 Å². The van der Waals surface area contributed by atoms with E-state index in [1.54, 1.807) is 6.07 Å². The third kappa shape index (κ3) is 5.12. The highest BCUT2D eigenvalue weighted by atomic mass is 19.4. The number of nitrogens with zero attached hydrogens (tertiary/aromatic N) is 1. The Labute approximate surface area is 245 Å². The van der Waals surface area contributed by atoms with E-state index in [9.17, 15) is 32.7 Å². The molecular weight excluding hydrogens is 559 g/mol. The lowest BCUT2D eigenvalue weighted by Crippen LogP contribution is -2.57. The number of benzene rings is 4. The fourth-order valence-electron chi connectivity index (χ4n) is 6.45. The maximum atomic E-state index is 14.0. The molecule has 0 radical (unpaired) electrons. The molecule has 4 aromatic rings. The molecule has 2 saturated heterocycles. The van der Waals surface area contributed by atoms with Gasteiger partial charge < -0.3 is 10.4 Å². The van der Waals surface area contributed by atoms with Gasteiger partial charge in [0, 0.05) is 31.2 Å². The number of alkyl halides is 3. The number of anilines is 1. The van der Waals surface area contributed by atoms with E-state index in [1.807, 2.05) is 66.7 Å². The number of rotatable bonds is 8. The summed E-state index contributed by atoms with van der Waals surface area (Å²) in [7, 11) is 0. The first kappa shape index (κ1) is 28.4. The van der Waals surface area contributed by atoms with Gasteiger partial charge in [0.05, 0.1) is 17.4 Å². The summed E-state index contributed by atoms with van der Waals surface area (Å²) in [5, 5.41) is 18.7. The Balaban J connectivity index is 1.39. The predicted molar refractivity (Wildman–Crippen MR) is 154 cm³/mol. The zero-order valence-electron chi connectivity index (χ0n) is 22.8. The Morgan fingerprint density at radius 2 is 1.60 bits per heavy atom. The second kappa shape index (κ2) is 10.9. The smallest absolute Gasteiger partial charge is 0.416 e. The van der Waals surface area contributed by atoms with E-state index in [4.69, 9.17) is 0 Å². The van der Waals surface area contributed by atoms with Gasteiger partial charge in [-0.1, -0.05) is 72.8 Å². The Kier molecular flexibility index (Phi) is 7.17. The third-order valence-corrected chi connectivity index (χ3v) is 8.44. The van der Waals surface area contributed by atoms with Crippen LogP contribution in [-0.2, 0) is 27.0 Å². The van der Waals surface area contributed by atoms with Gasteiger partial charge in [-0.2, -0.15) is 13.2 Å². The fraction of sp³-hybridized carbons (Fsp3) is 0.242. The number of carbonyl (C=O) groups excluding carboxylic acids is 2. The standard InChI is InChI=1S/C33H28F3N3O4/c34-33(35,36)24-10-6-9-23(18-24)28-26-27(30(41)39(29(26)40)16-15-37-25-11-2-1-3-12-25)32(38-28,31(42)43)19-20-13-14-21-7-4-5-8-22(21)17-20/h1-14,17-18,26-28,37-38H,15-16,19H2,(H,42,43). The summed E-state index contributed by atoms with van der Waals surface area (Å²) in [5.74, 6) is -5.16. The minimum Gasteiger partial charge on any atom is -0.480 e. The van der Waals surface area contributed by atoms with Crippen LogP contribution < -0.4 is 10.6 Å². The highest BCUT2D eigenvalue weighted by Crippen LogP contribution is 2.50. The molecule has 43 heavy (non-hydrogen) atoms. The van der Waals surface area contributed by atoms with Crippen molar-refractivity contribution in [2.75, 3.05) is 18.4 Å². The van der Waals surface area contributed by atoms with E-state index >= 15 is 0 Å². The lowest BCUT2D eigenvalue weighted by molar-refractivity contribution is -0.151. The number of hydrogen-bond donors (Lipinski definition) is 3. The number of fused-ring (bicyclic) bond motifs is 2. The zero-order chi connectivity index (χ0) is 30.4. The molecule has 2 aliphatic rings. The van der Waals surface area contributed by atoms with Crippen LogP contribution in [0.15, 0.2) is 97.1 Å². The molecule has 2 heterocycles. The average Bonchev–Trinajstić information content (AvgIpc) is 3.47. The van der Waals surface area contributed by atoms with Crippen LogP contribution >= 0.6 is 0 Å². The number of imide groups is 1. The molecule has 0 aromatic heterocycles. The molecule has 4 aromatic carbocycles. The second-order valence-electron chi connectivity index (χ2n) is 11.0. The quantitative estimate of drug-likeness (QED) is 0.243. The first-order valence-electron chi connectivity index (χ1n) is 13.9. The molecule has 0 aliphatic carbocycles. The Hall–Kier alpha value is -4.70. The molecule has 2 amide bonds. The van der Waals surface area contributed by atoms with Crippen molar-refractivity contribution in [2.24, 2.45) is 11.8 Å². The number of para-hydroxylation sites is 1. The van der Waals surface area contributed by atoms with Crippen molar-refractivity contribution >= 4 is 34.2 Å². The topological polar surface area (TPSA) is 98.7 Å². The zero-order valence-corrected chi connectivity index (χ0v) is 22.8. The molecule has 4 atom stereocenters. The summed E-state index contributed by atoms with van der Waals surface area (Å²) in [5.41, 5.74) is -1.38. The van der Waals surface area contributed by atoms with Crippen molar-refractivity contribution in [1.82, 2.24) is 10.2 Å². The van der Waals surface area contributed by atoms with Gasteiger partial charge in [0.2, 0.25) is 11.8 Å². The van der Waals surface area contributed by atoms with E-state index < -0.39 is 52.9 Å². The summed E-state index contributed by atoms with van der Waals surface area (Å²) in [4.78, 5) is 42.0. The normalized spacial score (nSPS) is 23.5. The second-order valence-corrected chi connectivity index (χ2v) is 11.0. The summed E-state index contributed by atoms with van der Waals surface area (Å²) >= 11 is 0. The van der Waals surface area contributed by atoms with Gasteiger partial charge in [-0.25, -0.2) is 0 Å². The SMILES string of the molecule is O=C1C2C(c3cccc(C(F)(F)F)c3)NC(Cc3ccc4ccccc4c3)(C(=O)O)C2C(=O)N1CCNc1ccccc1. The maximum Gasteiger partial charge on any atom is 0.416 e. The van der Waals surface area contributed by atoms with E-state index in [-0.39, 0.29) is 25.1 Å². The van der Waals surface area contributed by atoms with Gasteiger partial charge in [0.15, 0.2) is 0 Å². The molecular formula is C33H28F3N3O4. The van der Waals surface area contributed by atoms with Crippen LogP contribution in [0.3, 0.4) is 0 Å². The summed E-state index contributed by atoms with van der Waals surface area (Å²) in [6.07, 6.45) is -4.80. The summed E-state index contributed by atoms with van der Waals surface area (Å²) in [6.45, 7) is 0.188. The van der Waals surface area contributed by atoms with Crippen molar-refractivity contribution in [3.63, 3.8) is 0 Å². The van der Waals surface area contributed by atoms with Crippen molar-refractivity contribution in [1.29, 1.82) is 0 Å². The van der Waals surface area contributed by atoms with E-state index in [2.05, 4.69) is 10.6 Å². The number of carboxylic acid groups (broad SMARTS) is 1. The van der Waals surface area contributed by atoms with Gasteiger partial charge in [0.25, 0.3) is 0 Å². The van der Waals surface area contributed by atoms with Crippen molar-refractivity contribution in [2.45, 2.75) is 24.2 Å². The number of nitrogens with one attached hydrogen (secondary N) is 2. The predicted octanol–water partition coefficient (Wildman–Crippen LogP) is 5.28. The van der Waals surface area contributed by atoms with Crippen LogP contribution in [0.25, 0.3) is 10.8 Å². The Morgan fingerprint density at radius 1 is 0.884 bits per heavy atom. The largest absolute Gasteiger partial charge is 0.480 e. The molecule has 6 rings (SSSR count). The number of amides is 2. The summed E-state index contributed by atoms with van der Waals surface area (Å²) < 4.78 is 40.9. The average molecular weight is 588 g/mol. The molecule has 2 fully saturated rings. The molecule has 0 spiro atoms. The fourth-order valence-corrected chi connectivity index (χ4v) is 6.45. The minimum atomic E-state index is -4.65. The first-order chi connectivity index (χ1) is 20.6. The summed E-state index contributed by atoms with van der Waals surface area (Å²) in [6, 6.07) is 25.5. The van der Waals surface area contributed by atoms with Gasteiger partial charge in [-0.15, -0.1) is 0 Å². The molecule has 2 aliphatic heterocycles. The number of carboxylic acids is 1. The molecule has 0 saturated carbocycles. The van der Waals surface area contributed by atoms with Crippen molar-refractivity contribution < 1.29 is 32.7 Å². The number of carbonyl (C=O) groups is 3. The van der Waals surface area contributed by atoms with Crippen LogP contribution in [-0.4, -0.2) is 46.4 Å². The lowest BCUT2D eigenvalue weighted by atomic mass is 9.76.